The minimum atomic E-state index is -0.161. The molecule has 0 heterocycles. The van der Waals surface area contributed by atoms with E-state index >= 15 is 0 Å². The largest absolute Gasteiger partial charge is 0.460 e. The topological polar surface area (TPSA) is 59.1 Å². The molecule has 0 amide bonds. The van der Waals surface area contributed by atoms with Crippen LogP contribution >= 0.6 is 0 Å². The number of hydrogen-bond donors (Lipinski definition) is 0. The molecule has 0 N–H and O–H groups in total. The Balaban J connectivity index is 1.85. The van der Waals surface area contributed by atoms with Gasteiger partial charge >= 0.3 is 11.9 Å². The van der Waals surface area contributed by atoms with Crippen LogP contribution < -0.4 is 0 Å². The molecule has 0 aliphatic heterocycles. The fraction of sp³-hybridized carbons (Fsp3) is 0.667. The smallest absolute Gasteiger partial charge is 0.320 e. The monoisotopic (exact) mass is 665 g/mol. The van der Waals surface area contributed by atoms with Crippen LogP contribution in [0.3, 0.4) is 0 Å². The van der Waals surface area contributed by atoms with Crippen molar-refractivity contribution in [3.05, 3.63) is 59.7 Å². The second-order valence-corrected chi connectivity index (χ2v) is 13.5. The lowest BCUT2D eigenvalue weighted by molar-refractivity contribution is -0.147. The summed E-state index contributed by atoms with van der Waals surface area (Å²) in [6.45, 7) is 13.9. The third-order valence-electron chi connectivity index (χ3n) is 9.00. The maximum atomic E-state index is 12.8. The first-order chi connectivity index (χ1) is 23.5. The van der Waals surface area contributed by atoms with Crippen LogP contribution in [0.15, 0.2) is 48.5 Å². The van der Waals surface area contributed by atoms with Crippen molar-refractivity contribution in [2.24, 2.45) is 0 Å². The van der Waals surface area contributed by atoms with Gasteiger partial charge in [-0.3, -0.25) is 19.4 Å². The van der Waals surface area contributed by atoms with E-state index in [9.17, 15) is 9.59 Å². The molecule has 0 aliphatic rings. The van der Waals surface area contributed by atoms with Crippen LogP contribution in [0.2, 0.25) is 0 Å². The molecule has 0 saturated carbocycles. The quantitative estimate of drug-likeness (QED) is 0.0637. The molecule has 2 aromatic carbocycles. The van der Waals surface area contributed by atoms with Crippen LogP contribution in [0.25, 0.3) is 11.1 Å². The molecule has 270 valence electrons. The highest BCUT2D eigenvalue weighted by Crippen LogP contribution is 2.23. The van der Waals surface area contributed by atoms with Gasteiger partial charge in [0.25, 0.3) is 0 Å². The molecule has 6 heteroatoms. The van der Waals surface area contributed by atoms with E-state index in [0.29, 0.717) is 13.1 Å². The zero-order valence-electron chi connectivity index (χ0n) is 31.1. The predicted octanol–water partition coefficient (Wildman–Crippen LogP) is 10.4. The summed E-state index contributed by atoms with van der Waals surface area (Å²) in [5, 5.41) is 0. The second-order valence-electron chi connectivity index (χ2n) is 13.5. The number of nitrogens with zero attached hydrogens (tertiary/aromatic N) is 2. The minimum Gasteiger partial charge on any atom is -0.460 e. The van der Waals surface area contributed by atoms with Crippen LogP contribution in [0, 0.1) is 0 Å². The van der Waals surface area contributed by atoms with Gasteiger partial charge in [0.05, 0.1) is 13.1 Å². The van der Waals surface area contributed by atoms with Crippen LogP contribution in [-0.4, -0.2) is 61.0 Å². The van der Waals surface area contributed by atoms with Gasteiger partial charge in [-0.25, -0.2) is 0 Å². The summed E-state index contributed by atoms with van der Waals surface area (Å²) in [4.78, 5) is 30.1. The van der Waals surface area contributed by atoms with Crippen molar-refractivity contribution in [2.75, 3.05) is 39.3 Å². The van der Waals surface area contributed by atoms with E-state index in [2.05, 4.69) is 61.8 Å². The zero-order chi connectivity index (χ0) is 34.7. The number of hydrogen-bond acceptors (Lipinski definition) is 6. The summed E-state index contributed by atoms with van der Waals surface area (Å²) in [7, 11) is 0. The van der Waals surface area contributed by atoms with Crippen LogP contribution in [0.4, 0.5) is 0 Å². The molecule has 0 atom stereocenters. The van der Waals surface area contributed by atoms with E-state index in [1.54, 1.807) is 0 Å². The highest BCUT2D eigenvalue weighted by Gasteiger charge is 2.14. The van der Waals surface area contributed by atoms with Crippen molar-refractivity contribution >= 4 is 11.9 Å². The third-order valence-corrected chi connectivity index (χ3v) is 9.00. The molecule has 0 aromatic heterocycles. The van der Waals surface area contributed by atoms with Gasteiger partial charge in [-0.05, 0) is 86.2 Å². The molecule has 0 bridgehead atoms. The van der Waals surface area contributed by atoms with Crippen molar-refractivity contribution in [1.82, 2.24) is 9.80 Å². The number of unbranched alkanes of at least 4 members (excludes halogenated alkanes) is 12. The highest BCUT2D eigenvalue weighted by atomic mass is 16.5. The Bertz CT molecular complexity index is 1030. The molecule has 0 radical (unpaired) electrons. The maximum Gasteiger partial charge on any atom is 0.320 e. The van der Waals surface area contributed by atoms with Gasteiger partial charge in [0, 0.05) is 0 Å². The highest BCUT2D eigenvalue weighted by molar-refractivity contribution is 5.72. The van der Waals surface area contributed by atoms with Crippen molar-refractivity contribution in [3.63, 3.8) is 0 Å². The van der Waals surface area contributed by atoms with E-state index in [-0.39, 0.29) is 25.2 Å². The fourth-order valence-electron chi connectivity index (χ4n) is 6.00. The van der Waals surface area contributed by atoms with E-state index in [0.717, 1.165) is 87.0 Å². The number of carbonyl (C=O) groups is 2. The van der Waals surface area contributed by atoms with Crippen molar-refractivity contribution in [1.29, 1.82) is 0 Å². The lowest BCUT2D eigenvalue weighted by atomic mass is 10.0. The Labute approximate surface area is 294 Å². The van der Waals surface area contributed by atoms with E-state index in [1.807, 2.05) is 24.3 Å². The molecule has 6 nitrogen and oxygen atoms in total. The molecule has 2 aromatic rings. The normalized spacial score (nSPS) is 11.4. The first-order valence-corrected chi connectivity index (χ1v) is 19.4. The number of benzene rings is 2. The lowest BCUT2D eigenvalue weighted by Gasteiger charge is -2.21. The molecule has 0 fully saturated rings. The van der Waals surface area contributed by atoms with Gasteiger partial charge in [-0.15, -0.1) is 0 Å². The fourth-order valence-corrected chi connectivity index (χ4v) is 6.00. The molecular weight excluding hydrogens is 596 g/mol. The predicted molar refractivity (Wildman–Crippen MR) is 201 cm³/mol. The number of carbonyl (C=O) groups excluding carboxylic acids is 2. The van der Waals surface area contributed by atoms with Crippen LogP contribution in [0.5, 0.6) is 0 Å². The Morgan fingerprint density at radius 1 is 0.479 bits per heavy atom. The molecule has 2 rings (SSSR count). The SMILES string of the molecule is CCCCCCCCN(CCCC)CC(=O)OCc1cccc(-c2cccc(COC(=O)CN(CCCC)CCCCCCCC)c2)c1. The Kier molecular flexibility index (Phi) is 23.5. The summed E-state index contributed by atoms with van der Waals surface area (Å²) in [6.07, 6.45) is 19.5. The number of rotatable bonds is 29. The second kappa shape index (κ2) is 27.2. The van der Waals surface area contributed by atoms with Crippen molar-refractivity contribution < 1.29 is 19.1 Å². The Morgan fingerprint density at radius 2 is 0.833 bits per heavy atom. The first kappa shape index (κ1) is 41.5. The summed E-state index contributed by atoms with van der Waals surface area (Å²) >= 11 is 0. The van der Waals surface area contributed by atoms with Crippen LogP contribution in [0.1, 0.15) is 142 Å². The van der Waals surface area contributed by atoms with Gasteiger partial charge in [-0.2, -0.15) is 0 Å². The zero-order valence-corrected chi connectivity index (χ0v) is 31.1. The average molecular weight is 665 g/mol. The molecule has 48 heavy (non-hydrogen) atoms. The summed E-state index contributed by atoms with van der Waals surface area (Å²) in [6, 6.07) is 16.3. The summed E-state index contributed by atoms with van der Waals surface area (Å²) < 4.78 is 11.5. The van der Waals surface area contributed by atoms with Crippen molar-refractivity contribution in [2.45, 2.75) is 144 Å². The summed E-state index contributed by atoms with van der Waals surface area (Å²) in [5.74, 6) is -0.321. The average Bonchev–Trinajstić information content (AvgIpc) is 3.10. The summed E-state index contributed by atoms with van der Waals surface area (Å²) in [5.41, 5.74) is 4.03. The Hall–Kier alpha value is -2.70. The number of ether oxygens (including phenoxy) is 2. The number of esters is 2. The van der Waals surface area contributed by atoms with Gasteiger partial charge < -0.3 is 9.47 Å². The van der Waals surface area contributed by atoms with E-state index in [4.69, 9.17) is 9.47 Å². The van der Waals surface area contributed by atoms with Gasteiger partial charge in [-0.1, -0.05) is 141 Å². The van der Waals surface area contributed by atoms with E-state index < -0.39 is 0 Å². The Morgan fingerprint density at radius 3 is 1.23 bits per heavy atom. The minimum absolute atomic E-state index is 0.161. The maximum absolute atomic E-state index is 12.8. The first-order valence-electron chi connectivity index (χ1n) is 19.4. The van der Waals surface area contributed by atoms with Crippen molar-refractivity contribution in [3.8, 4) is 11.1 Å². The molecule has 0 saturated heterocycles. The molecule has 0 spiro atoms. The van der Waals surface area contributed by atoms with Gasteiger partial charge in [0.1, 0.15) is 13.2 Å². The van der Waals surface area contributed by atoms with Gasteiger partial charge in [0.15, 0.2) is 0 Å². The van der Waals surface area contributed by atoms with Crippen LogP contribution in [-0.2, 0) is 32.3 Å². The lowest BCUT2D eigenvalue weighted by Crippen LogP contribution is -2.32. The molecular formula is C42H68N2O4. The van der Waals surface area contributed by atoms with E-state index in [1.165, 1.54) is 64.2 Å². The third kappa shape index (κ3) is 19.3. The molecule has 0 aliphatic carbocycles. The standard InChI is InChI=1S/C42H68N2O4/c1-5-9-13-15-17-19-29-43(27-11-7-3)33-41(45)47-35-37-23-21-25-39(31-37)40-26-22-24-38(32-40)36-48-42(46)34-44(28-12-8-4)30-20-18-16-14-10-6-2/h21-26,31-32H,5-20,27-30,33-36H2,1-4H3. The van der Waals surface area contributed by atoms with Gasteiger partial charge in [0.2, 0.25) is 0 Å². The molecule has 0 unspecified atom stereocenters.